The van der Waals surface area contributed by atoms with Crippen LogP contribution in [0.3, 0.4) is 0 Å². The minimum absolute atomic E-state index is 0.185. The number of hydrogen-bond acceptors (Lipinski definition) is 8. The minimum atomic E-state index is -0.185. The molecule has 4 aliphatic rings. The van der Waals surface area contributed by atoms with Crippen LogP contribution in [0.5, 0.6) is 0 Å². The molecule has 4 heterocycles. The molecule has 0 atom stereocenters. The fourth-order valence-electron chi connectivity index (χ4n) is 7.95. The Kier molecular flexibility index (Phi) is 12.1. The van der Waals surface area contributed by atoms with Crippen LogP contribution in [0.15, 0.2) is 199 Å². The van der Waals surface area contributed by atoms with Crippen LogP contribution >= 0.6 is 35.3 Å². The maximum atomic E-state index is 12.6. The molecule has 0 spiro atoms. The highest BCUT2D eigenvalue weighted by Gasteiger charge is 2.35. The number of amides is 2. The number of benzene rings is 7. The van der Waals surface area contributed by atoms with Gasteiger partial charge in [-0.25, -0.2) is 0 Å². The first-order chi connectivity index (χ1) is 29.6. The first-order valence-electron chi connectivity index (χ1n) is 20.3. The molecular formula is C51H44N4O2S3. The van der Waals surface area contributed by atoms with E-state index in [0.717, 1.165) is 32.5 Å². The van der Waals surface area contributed by atoms with Crippen molar-refractivity contribution in [2.45, 2.75) is 48.6 Å². The number of anilines is 4. The number of rotatable bonds is 7. The van der Waals surface area contributed by atoms with Gasteiger partial charge in [-0.15, -0.1) is 0 Å². The maximum absolute atomic E-state index is 12.6. The lowest BCUT2D eigenvalue weighted by Gasteiger charge is -2.33. The minimum Gasteiger partial charge on any atom is -0.340 e. The largest absolute Gasteiger partial charge is 0.340 e. The fraction of sp³-hybridized carbons (Fsp3) is 0.137. The Morgan fingerprint density at radius 2 is 0.700 bits per heavy atom. The van der Waals surface area contributed by atoms with Crippen LogP contribution in [0.1, 0.15) is 44.7 Å². The zero-order valence-corrected chi connectivity index (χ0v) is 35.5. The van der Waals surface area contributed by atoms with Crippen molar-refractivity contribution >= 4 is 69.8 Å². The van der Waals surface area contributed by atoms with E-state index in [0.29, 0.717) is 24.1 Å². The molecule has 0 saturated heterocycles. The molecule has 0 fully saturated rings. The second-order valence-electron chi connectivity index (χ2n) is 14.7. The van der Waals surface area contributed by atoms with E-state index in [1.807, 2.05) is 35.7 Å². The lowest BCUT2D eigenvalue weighted by molar-refractivity contribution is 0.0653. The zero-order chi connectivity index (χ0) is 40.8. The maximum Gasteiger partial charge on any atom is 0.261 e. The molecule has 11 rings (SSSR count). The molecule has 0 bridgehead atoms. The van der Waals surface area contributed by atoms with Gasteiger partial charge in [-0.2, -0.15) is 0 Å². The van der Waals surface area contributed by atoms with Crippen LogP contribution in [0, 0.1) is 0 Å². The lowest BCUT2D eigenvalue weighted by Crippen LogP contribution is -2.33. The number of nitrogens with two attached hydrogens (primary N) is 1. The highest BCUT2D eigenvalue weighted by molar-refractivity contribution is 8.00. The van der Waals surface area contributed by atoms with Crippen LogP contribution in [0.25, 0.3) is 0 Å². The number of para-hydroxylation sites is 4. The molecule has 9 heteroatoms. The first kappa shape index (κ1) is 39.7. The van der Waals surface area contributed by atoms with Gasteiger partial charge in [0.2, 0.25) is 0 Å². The molecule has 60 heavy (non-hydrogen) atoms. The Bertz CT molecular complexity index is 2470. The van der Waals surface area contributed by atoms with Crippen molar-refractivity contribution < 1.29 is 9.59 Å². The summed E-state index contributed by atoms with van der Waals surface area (Å²) in [4.78, 5) is 39.1. The van der Waals surface area contributed by atoms with Crippen LogP contribution in [-0.4, -0.2) is 42.9 Å². The van der Waals surface area contributed by atoms with E-state index in [-0.39, 0.29) is 11.8 Å². The van der Waals surface area contributed by atoms with E-state index in [1.54, 1.807) is 36.0 Å². The molecule has 0 unspecified atom stereocenters. The normalized spacial score (nSPS) is 13.8. The third-order valence-electron chi connectivity index (χ3n) is 10.8. The van der Waals surface area contributed by atoms with Crippen LogP contribution in [-0.2, 0) is 6.42 Å². The third-order valence-corrected chi connectivity index (χ3v) is 14.3. The molecule has 7 aromatic carbocycles. The van der Waals surface area contributed by atoms with Crippen molar-refractivity contribution in [3.63, 3.8) is 0 Å². The summed E-state index contributed by atoms with van der Waals surface area (Å²) in [7, 11) is 0. The van der Waals surface area contributed by atoms with Gasteiger partial charge < -0.3 is 15.5 Å². The Morgan fingerprint density at radius 1 is 0.383 bits per heavy atom. The highest BCUT2D eigenvalue weighted by Crippen LogP contribution is 2.49. The second kappa shape index (κ2) is 18.3. The van der Waals surface area contributed by atoms with Gasteiger partial charge in [0.25, 0.3) is 11.8 Å². The Balaban J connectivity index is 0.000000124. The Labute approximate surface area is 364 Å². The molecule has 0 radical (unpaired) electrons. The predicted octanol–water partition coefficient (Wildman–Crippen LogP) is 12.4. The molecule has 7 aromatic rings. The van der Waals surface area contributed by atoms with Gasteiger partial charge in [0.1, 0.15) is 0 Å². The van der Waals surface area contributed by atoms with E-state index in [1.165, 1.54) is 68.1 Å². The van der Waals surface area contributed by atoms with Gasteiger partial charge in [-0.1, -0.05) is 132 Å². The van der Waals surface area contributed by atoms with Gasteiger partial charge in [-0.05, 0) is 110 Å². The number of imide groups is 1. The van der Waals surface area contributed by atoms with E-state index in [4.69, 9.17) is 5.73 Å². The summed E-state index contributed by atoms with van der Waals surface area (Å²) in [6.07, 6.45) is 2.80. The average molecular weight is 841 g/mol. The Morgan fingerprint density at radius 3 is 1.12 bits per heavy atom. The second-order valence-corrected chi connectivity index (χ2v) is 17.9. The highest BCUT2D eigenvalue weighted by atomic mass is 32.2. The number of carbonyl (C=O) groups excluding carboxylic acids is 2. The fourth-order valence-corrected chi connectivity index (χ4v) is 11.2. The topological polar surface area (TPSA) is 69.9 Å². The predicted molar refractivity (Wildman–Crippen MR) is 248 cm³/mol. The van der Waals surface area contributed by atoms with Crippen molar-refractivity contribution in [3.8, 4) is 0 Å². The molecule has 6 nitrogen and oxygen atoms in total. The summed E-state index contributed by atoms with van der Waals surface area (Å²) in [5.41, 5.74) is 14.5. The van der Waals surface area contributed by atoms with Crippen molar-refractivity contribution in [3.05, 3.63) is 192 Å². The SMILES string of the molecule is NCCCN1c2ccccc2Sc2ccccc21.O=C1c2ccccc2C(=O)N1CCCN1c2ccccc2Sc2ccccc21.c1ccc2c(c1)Cc1ccccc1S2. The summed E-state index contributed by atoms with van der Waals surface area (Å²) in [6.45, 7) is 2.86. The molecular weight excluding hydrogens is 797 g/mol. The number of hydrogen-bond donors (Lipinski definition) is 1. The standard InChI is InChI=1S/C23H18N2O2S.C15H16N2S.C13H10S/c26-22-16-8-1-2-9-17(16)23(27)25(22)15-7-14-24-18-10-3-5-12-20(18)28-21-13-6-4-11-19(21)24;16-10-5-11-17-12-6-1-3-8-14(12)18-15-9-4-2-7-13(15)17;1-3-7-12-10(5-1)9-11-6-2-4-8-13(11)14-12/h1-6,8-13H,7,14-15H2;1-4,6-9H,5,10-11,16H2;1-8H,9H2. The van der Waals surface area contributed by atoms with Crippen molar-refractivity contribution in [1.29, 1.82) is 0 Å². The van der Waals surface area contributed by atoms with Gasteiger partial charge in [-0.3, -0.25) is 14.5 Å². The number of nitrogens with zero attached hydrogens (tertiary/aromatic N) is 3. The number of carbonyl (C=O) groups is 2. The van der Waals surface area contributed by atoms with Crippen LogP contribution < -0.4 is 15.5 Å². The van der Waals surface area contributed by atoms with E-state index < -0.39 is 0 Å². The van der Waals surface area contributed by atoms with Gasteiger partial charge in [0, 0.05) is 49.0 Å². The lowest BCUT2D eigenvalue weighted by atomic mass is 10.0. The zero-order valence-electron chi connectivity index (χ0n) is 33.1. The summed E-state index contributed by atoms with van der Waals surface area (Å²) in [5.74, 6) is -0.369. The van der Waals surface area contributed by atoms with Crippen molar-refractivity contribution in [2.24, 2.45) is 5.73 Å². The molecule has 4 aliphatic heterocycles. The molecule has 0 aromatic heterocycles. The van der Waals surface area contributed by atoms with Crippen molar-refractivity contribution in [1.82, 2.24) is 4.90 Å². The summed E-state index contributed by atoms with van der Waals surface area (Å²) in [5, 5.41) is 0. The van der Waals surface area contributed by atoms with Crippen molar-refractivity contribution in [2.75, 3.05) is 36.0 Å². The van der Waals surface area contributed by atoms with Crippen LogP contribution in [0.4, 0.5) is 22.7 Å². The van der Waals surface area contributed by atoms with E-state index in [2.05, 4.69) is 143 Å². The van der Waals surface area contributed by atoms with E-state index in [9.17, 15) is 9.59 Å². The number of fused-ring (bicyclic) bond motifs is 7. The smallest absolute Gasteiger partial charge is 0.261 e. The first-order valence-corrected chi connectivity index (χ1v) is 22.8. The molecule has 0 aliphatic carbocycles. The Hall–Kier alpha value is -5.71. The van der Waals surface area contributed by atoms with Gasteiger partial charge >= 0.3 is 0 Å². The molecule has 0 saturated carbocycles. The molecule has 2 N–H and O–H groups in total. The third kappa shape index (κ3) is 8.23. The van der Waals surface area contributed by atoms with E-state index >= 15 is 0 Å². The average Bonchev–Trinajstić information content (AvgIpc) is 3.54. The summed E-state index contributed by atoms with van der Waals surface area (Å²) >= 11 is 5.51. The summed E-state index contributed by atoms with van der Waals surface area (Å²) in [6, 6.07) is 58.2. The monoisotopic (exact) mass is 840 g/mol. The molecule has 2 amide bonds. The molecule has 298 valence electrons. The van der Waals surface area contributed by atoms with Gasteiger partial charge in [0.15, 0.2) is 0 Å². The van der Waals surface area contributed by atoms with Crippen LogP contribution in [0.2, 0.25) is 0 Å². The summed E-state index contributed by atoms with van der Waals surface area (Å²) < 4.78 is 0. The van der Waals surface area contributed by atoms with Gasteiger partial charge in [0.05, 0.1) is 33.9 Å². The quantitative estimate of drug-likeness (QED) is 0.159.